The topological polar surface area (TPSA) is 86.3 Å². The second-order valence-corrected chi connectivity index (χ2v) is 9.25. The van der Waals surface area contributed by atoms with Crippen molar-refractivity contribution in [3.05, 3.63) is 59.8 Å². The lowest BCUT2D eigenvalue weighted by Gasteiger charge is -2.44. The van der Waals surface area contributed by atoms with Crippen molar-refractivity contribution in [2.24, 2.45) is 7.05 Å². The maximum atomic E-state index is 13.2. The first-order valence-corrected chi connectivity index (χ1v) is 11.1. The second kappa shape index (κ2) is 6.55. The molecule has 4 heterocycles. The predicted octanol–water partition coefficient (Wildman–Crippen LogP) is 4.05. The number of hydrogen-bond acceptors (Lipinski definition) is 6. The summed E-state index contributed by atoms with van der Waals surface area (Å²) in [6.45, 7) is 1.25. The third-order valence-electron chi connectivity index (χ3n) is 6.28. The fraction of sp³-hybridized carbons (Fsp3) is 0.261. The number of nitrogens with zero attached hydrogens (tertiary/aromatic N) is 4. The molecule has 31 heavy (non-hydrogen) atoms. The zero-order chi connectivity index (χ0) is 21.2. The van der Waals surface area contributed by atoms with E-state index in [0.717, 1.165) is 45.6 Å². The first-order valence-electron chi connectivity index (χ1n) is 10.3. The highest BCUT2D eigenvalue weighted by Crippen LogP contribution is 2.49. The number of amides is 1. The van der Waals surface area contributed by atoms with E-state index in [2.05, 4.69) is 17.2 Å². The molecule has 1 amide bonds. The van der Waals surface area contributed by atoms with Gasteiger partial charge in [0.25, 0.3) is 5.91 Å². The summed E-state index contributed by atoms with van der Waals surface area (Å²) in [6.07, 6.45) is 3.51. The molecule has 7 nitrogen and oxygen atoms in total. The van der Waals surface area contributed by atoms with E-state index >= 15 is 0 Å². The van der Waals surface area contributed by atoms with E-state index in [-0.39, 0.29) is 7.33 Å². The third-order valence-corrected chi connectivity index (χ3v) is 7.12. The molecule has 2 N–H and O–H groups in total. The molecule has 0 atom stereocenters. The molecule has 2 aliphatic rings. The Balaban J connectivity index is 0.00000216. The van der Waals surface area contributed by atoms with Gasteiger partial charge in [0.05, 0.1) is 10.2 Å². The van der Waals surface area contributed by atoms with E-state index in [1.54, 1.807) is 0 Å². The molecule has 0 unspecified atom stereocenters. The Morgan fingerprint density at radius 3 is 2.87 bits per heavy atom. The summed E-state index contributed by atoms with van der Waals surface area (Å²) < 4.78 is 9.37. The molecule has 0 saturated carbocycles. The lowest BCUT2D eigenvalue weighted by atomic mass is 9.81. The van der Waals surface area contributed by atoms with Crippen molar-refractivity contribution in [3.63, 3.8) is 0 Å². The summed E-state index contributed by atoms with van der Waals surface area (Å²) in [5, 5.41) is 5.23. The van der Waals surface area contributed by atoms with Crippen molar-refractivity contribution in [2.45, 2.75) is 18.4 Å². The molecule has 0 radical (unpaired) electrons. The number of thiazole rings is 1. The summed E-state index contributed by atoms with van der Waals surface area (Å²) in [5.41, 5.74) is 9.97. The first kappa shape index (κ1) is 18.4. The molecule has 1 spiro atoms. The van der Waals surface area contributed by atoms with Gasteiger partial charge >= 0.3 is 0 Å². The van der Waals surface area contributed by atoms with Gasteiger partial charge in [-0.15, -0.1) is 0 Å². The number of ether oxygens (including phenoxy) is 1. The van der Waals surface area contributed by atoms with Crippen molar-refractivity contribution in [3.8, 4) is 17.0 Å². The number of likely N-dealkylation sites (tertiary alicyclic amines) is 1. The third kappa shape index (κ3) is 2.82. The van der Waals surface area contributed by atoms with E-state index in [1.165, 1.54) is 11.3 Å². The number of para-hydroxylation sites is 1. The van der Waals surface area contributed by atoms with E-state index in [0.29, 0.717) is 23.8 Å². The zero-order valence-corrected chi connectivity index (χ0v) is 17.9. The van der Waals surface area contributed by atoms with Gasteiger partial charge in [-0.25, -0.2) is 4.98 Å². The van der Waals surface area contributed by atoms with E-state index in [4.69, 9.17) is 15.6 Å². The zero-order valence-electron chi connectivity index (χ0n) is 17.0. The number of aryl methyl sites for hydroxylation is 1. The van der Waals surface area contributed by atoms with Crippen LogP contribution in [0.25, 0.3) is 21.5 Å². The van der Waals surface area contributed by atoms with Gasteiger partial charge in [-0.3, -0.25) is 9.48 Å². The Morgan fingerprint density at radius 1 is 1.23 bits per heavy atom. The number of carbonyl (C=O) groups is 1. The smallest absolute Gasteiger partial charge is 0.253 e. The van der Waals surface area contributed by atoms with Gasteiger partial charge in [-0.05, 0) is 30.3 Å². The Morgan fingerprint density at radius 2 is 2.03 bits per heavy atom. The maximum absolute atomic E-state index is 13.2. The minimum atomic E-state index is -0.454. The minimum Gasteiger partial charge on any atom is -0.482 e. The molecular weight excluding hydrogens is 410 g/mol. The van der Waals surface area contributed by atoms with Crippen molar-refractivity contribution in [1.29, 1.82) is 0 Å². The number of aromatic nitrogens is 3. The van der Waals surface area contributed by atoms with Gasteiger partial charge in [0.2, 0.25) is 0 Å². The van der Waals surface area contributed by atoms with Crippen LogP contribution in [0.1, 0.15) is 30.2 Å². The number of piperidine rings is 1. The summed E-state index contributed by atoms with van der Waals surface area (Å²) in [7, 11) is 1.94. The SMILES string of the molecule is Cn1cc2c(n1)-c1ccccc1OC21CCN(C(=O)c2ccc3nc(N)sc3c2)CC1.[HH]. The molecule has 2 aromatic heterocycles. The minimum absolute atomic E-state index is 0. The average Bonchev–Trinajstić information content (AvgIpc) is 3.35. The van der Waals surface area contributed by atoms with Crippen LogP contribution < -0.4 is 10.5 Å². The Bertz CT molecular complexity index is 1340. The summed E-state index contributed by atoms with van der Waals surface area (Å²) in [5.74, 6) is 0.896. The Labute approximate surface area is 184 Å². The van der Waals surface area contributed by atoms with Crippen molar-refractivity contribution in [1.82, 2.24) is 19.7 Å². The highest BCUT2D eigenvalue weighted by molar-refractivity contribution is 7.22. The van der Waals surface area contributed by atoms with E-state index in [9.17, 15) is 4.79 Å². The number of fused-ring (bicyclic) bond motifs is 5. The maximum Gasteiger partial charge on any atom is 0.253 e. The van der Waals surface area contributed by atoms with Crippen LogP contribution in [0.3, 0.4) is 0 Å². The van der Waals surface area contributed by atoms with E-state index < -0.39 is 5.60 Å². The van der Waals surface area contributed by atoms with Crippen LogP contribution in [0.5, 0.6) is 5.75 Å². The highest BCUT2D eigenvalue weighted by Gasteiger charge is 2.45. The summed E-state index contributed by atoms with van der Waals surface area (Å²) in [4.78, 5) is 19.4. The highest BCUT2D eigenvalue weighted by atomic mass is 32.1. The number of benzene rings is 2. The van der Waals surface area contributed by atoms with Gasteiger partial charge < -0.3 is 15.4 Å². The fourth-order valence-corrected chi connectivity index (χ4v) is 5.51. The number of hydrogen-bond donors (Lipinski definition) is 1. The van der Waals surface area contributed by atoms with Gasteiger partial charge in [-0.1, -0.05) is 23.5 Å². The van der Waals surface area contributed by atoms with Gasteiger partial charge in [-0.2, -0.15) is 5.10 Å². The molecule has 2 aromatic carbocycles. The predicted molar refractivity (Wildman–Crippen MR) is 122 cm³/mol. The van der Waals surface area contributed by atoms with Crippen molar-refractivity contribution in [2.75, 3.05) is 18.8 Å². The molecule has 158 valence electrons. The van der Waals surface area contributed by atoms with Crippen molar-refractivity contribution < 1.29 is 11.0 Å². The van der Waals surface area contributed by atoms with Crippen LogP contribution >= 0.6 is 11.3 Å². The normalized spacial score (nSPS) is 16.7. The Kier molecular flexibility index (Phi) is 3.89. The average molecular weight is 434 g/mol. The number of nitrogens with two attached hydrogens (primary N) is 1. The van der Waals surface area contributed by atoms with Crippen LogP contribution in [0.4, 0.5) is 5.13 Å². The first-order chi connectivity index (χ1) is 15.0. The largest absolute Gasteiger partial charge is 0.482 e. The summed E-state index contributed by atoms with van der Waals surface area (Å²) in [6, 6.07) is 13.6. The molecule has 1 fully saturated rings. The molecule has 4 aromatic rings. The van der Waals surface area contributed by atoms with E-state index in [1.807, 2.05) is 53.0 Å². The van der Waals surface area contributed by atoms with Gasteiger partial charge in [0.15, 0.2) is 5.13 Å². The summed E-state index contributed by atoms with van der Waals surface area (Å²) >= 11 is 1.40. The molecule has 6 rings (SSSR count). The van der Waals surface area contributed by atoms with Gasteiger partial charge in [0.1, 0.15) is 17.0 Å². The van der Waals surface area contributed by atoms with Crippen LogP contribution in [-0.2, 0) is 12.6 Å². The molecule has 0 bridgehead atoms. The lowest BCUT2D eigenvalue weighted by molar-refractivity contribution is -0.00165. The van der Waals surface area contributed by atoms with Crippen LogP contribution in [0.2, 0.25) is 0 Å². The molecule has 2 aliphatic heterocycles. The molecule has 1 saturated heterocycles. The number of rotatable bonds is 1. The number of nitrogen functional groups attached to an aromatic ring is 1. The molecule has 0 aliphatic carbocycles. The number of anilines is 1. The standard InChI is InChI=1S/C23H21N5O2S.H2/c1-27-13-16-20(26-27)15-4-2-3-5-18(15)30-23(16)8-10-28(11-9-23)21(29)14-6-7-17-19(12-14)31-22(24)25-17;/h2-7,12-13H,8-11H2,1H3,(H2,24,25);1H. The lowest BCUT2D eigenvalue weighted by Crippen LogP contribution is -2.48. The van der Waals surface area contributed by atoms with Crippen molar-refractivity contribution >= 4 is 32.6 Å². The molecule has 8 heteroatoms. The molecular formula is C23H23N5O2S. The van der Waals surface area contributed by atoms with Gasteiger partial charge in [0, 0.05) is 57.3 Å². The fourth-order valence-electron chi connectivity index (χ4n) is 4.74. The van der Waals surface area contributed by atoms with Crippen LogP contribution in [0, 0.1) is 0 Å². The quantitative estimate of drug-likeness (QED) is 0.489. The monoisotopic (exact) mass is 433 g/mol. The van der Waals surface area contributed by atoms with Crippen LogP contribution in [0.15, 0.2) is 48.7 Å². The number of carbonyl (C=O) groups excluding carboxylic acids is 1. The van der Waals surface area contributed by atoms with Crippen LogP contribution in [-0.4, -0.2) is 38.7 Å². The Hall–Kier alpha value is -3.39. The second-order valence-electron chi connectivity index (χ2n) is 8.18.